The fraction of sp³-hybridized carbons (Fsp3) is 0.357. The predicted molar refractivity (Wildman–Crippen MR) is 64.2 cm³/mol. The minimum absolute atomic E-state index is 0.182. The Morgan fingerprint density at radius 3 is 3.24 bits per heavy atom. The maximum Gasteiger partial charge on any atom is 0.220 e. The molecule has 17 heavy (non-hydrogen) atoms. The van der Waals surface area contributed by atoms with Gasteiger partial charge in [-0.15, -0.1) is 0 Å². The molecule has 0 N–H and O–H groups in total. The molecule has 1 fully saturated rings. The molecule has 1 aromatic carbocycles. The second kappa shape index (κ2) is 3.20. The molecule has 0 aliphatic carbocycles. The lowest BCUT2D eigenvalue weighted by molar-refractivity contribution is 0.109. The molecule has 2 bridgehead atoms. The molecule has 4 rings (SSSR count). The normalized spacial score (nSPS) is 25.7. The number of benzene rings is 1. The van der Waals surface area contributed by atoms with Gasteiger partial charge in [-0.3, -0.25) is 0 Å². The second-order valence-corrected chi connectivity index (χ2v) is 4.83. The van der Waals surface area contributed by atoms with Gasteiger partial charge in [-0.05, 0) is 18.6 Å². The number of aryl methyl sites for hydroxylation is 1. The topological polar surface area (TPSA) is 31.4 Å². The van der Waals surface area contributed by atoms with Crippen LogP contribution in [-0.4, -0.2) is 17.7 Å². The van der Waals surface area contributed by atoms with Crippen LogP contribution in [0.25, 0.3) is 10.9 Å². The van der Waals surface area contributed by atoms with Gasteiger partial charge in [-0.1, -0.05) is 18.2 Å². The molecule has 86 valence electrons. The number of rotatable bonds is 0. The Labute approximate surface area is 99.4 Å². The number of fused-ring (bicyclic) bond motifs is 5. The van der Waals surface area contributed by atoms with E-state index in [9.17, 15) is 0 Å². The summed E-state index contributed by atoms with van der Waals surface area (Å²) >= 11 is 0. The van der Waals surface area contributed by atoms with E-state index in [2.05, 4.69) is 36.2 Å². The average Bonchev–Trinajstić information content (AvgIpc) is 2.72. The SMILES string of the molecule is Cc1cccc2cc3c(nc12)OC1COC3C1. The summed E-state index contributed by atoms with van der Waals surface area (Å²) in [4.78, 5) is 4.65. The zero-order chi connectivity index (χ0) is 11.4. The summed E-state index contributed by atoms with van der Waals surface area (Å²) in [6.07, 6.45) is 1.34. The van der Waals surface area contributed by atoms with E-state index < -0.39 is 0 Å². The van der Waals surface area contributed by atoms with E-state index in [1.165, 1.54) is 10.9 Å². The van der Waals surface area contributed by atoms with Crippen molar-refractivity contribution in [2.45, 2.75) is 25.6 Å². The molecule has 2 aliphatic heterocycles. The lowest BCUT2D eigenvalue weighted by Crippen LogP contribution is -2.20. The monoisotopic (exact) mass is 227 g/mol. The van der Waals surface area contributed by atoms with Crippen LogP contribution in [0.3, 0.4) is 0 Å². The highest BCUT2D eigenvalue weighted by atomic mass is 16.6. The summed E-state index contributed by atoms with van der Waals surface area (Å²) in [7, 11) is 0. The lowest BCUT2D eigenvalue weighted by atomic mass is 10.0. The third kappa shape index (κ3) is 1.29. The average molecular weight is 227 g/mol. The number of nitrogens with zero attached hydrogens (tertiary/aromatic N) is 1. The zero-order valence-electron chi connectivity index (χ0n) is 9.64. The van der Waals surface area contributed by atoms with Gasteiger partial charge in [0.15, 0.2) is 0 Å². The number of aromatic nitrogens is 1. The van der Waals surface area contributed by atoms with E-state index in [-0.39, 0.29) is 12.2 Å². The smallest absolute Gasteiger partial charge is 0.220 e. The highest BCUT2D eigenvalue weighted by Gasteiger charge is 2.36. The van der Waals surface area contributed by atoms with E-state index >= 15 is 0 Å². The summed E-state index contributed by atoms with van der Waals surface area (Å²) in [6.45, 7) is 2.77. The van der Waals surface area contributed by atoms with Crippen LogP contribution in [-0.2, 0) is 4.74 Å². The summed E-state index contributed by atoms with van der Waals surface area (Å²) in [6, 6.07) is 8.40. The van der Waals surface area contributed by atoms with Crippen molar-refractivity contribution in [3.05, 3.63) is 35.4 Å². The van der Waals surface area contributed by atoms with Gasteiger partial charge in [0.2, 0.25) is 5.88 Å². The molecule has 1 aromatic heterocycles. The van der Waals surface area contributed by atoms with Crippen LogP contribution < -0.4 is 4.74 Å². The zero-order valence-corrected chi connectivity index (χ0v) is 9.64. The van der Waals surface area contributed by atoms with Crippen LogP contribution in [0.15, 0.2) is 24.3 Å². The Morgan fingerprint density at radius 1 is 1.35 bits per heavy atom. The van der Waals surface area contributed by atoms with Crippen LogP contribution in [0, 0.1) is 6.92 Å². The van der Waals surface area contributed by atoms with Crippen molar-refractivity contribution in [1.29, 1.82) is 0 Å². The second-order valence-electron chi connectivity index (χ2n) is 4.83. The molecule has 2 unspecified atom stereocenters. The number of pyridine rings is 1. The van der Waals surface area contributed by atoms with E-state index in [4.69, 9.17) is 9.47 Å². The van der Waals surface area contributed by atoms with Crippen LogP contribution in [0.2, 0.25) is 0 Å². The van der Waals surface area contributed by atoms with Crippen LogP contribution >= 0.6 is 0 Å². The van der Waals surface area contributed by atoms with Gasteiger partial charge in [-0.2, -0.15) is 0 Å². The van der Waals surface area contributed by atoms with E-state index in [1.54, 1.807) is 0 Å². The minimum atomic E-state index is 0.182. The van der Waals surface area contributed by atoms with Gasteiger partial charge in [-0.25, -0.2) is 4.98 Å². The number of para-hydroxylation sites is 1. The first kappa shape index (κ1) is 9.42. The Hall–Kier alpha value is -1.61. The first-order valence-electron chi connectivity index (χ1n) is 6.00. The third-order valence-corrected chi connectivity index (χ3v) is 3.63. The van der Waals surface area contributed by atoms with Gasteiger partial charge in [0.1, 0.15) is 6.10 Å². The number of ether oxygens (including phenoxy) is 2. The van der Waals surface area contributed by atoms with Crippen LogP contribution in [0.4, 0.5) is 0 Å². The van der Waals surface area contributed by atoms with Gasteiger partial charge < -0.3 is 9.47 Å². The molecule has 2 aromatic rings. The summed E-state index contributed by atoms with van der Waals surface area (Å²) < 4.78 is 11.6. The molecule has 0 spiro atoms. The van der Waals surface area contributed by atoms with Crippen molar-refractivity contribution < 1.29 is 9.47 Å². The highest BCUT2D eigenvalue weighted by Crippen LogP contribution is 2.41. The molecule has 0 radical (unpaired) electrons. The van der Waals surface area contributed by atoms with Gasteiger partial charge in [0.25, 0.3) is 0 Å². The number of hydrogen-bond donors (Lipinski definition) is 0. The minimum Gasteiger partial charge on any atom is -0.471 e. The van der Waals surface area contributed by atoms with Crippen molar-refractivity contribution >= 4 is 10.9 Å². The summed E-state index contributed by atoms with van der Waals surface area (Å²) in [5.41, 5.74) is 3.33. The molecular weight excluding hydrogens is 214 g/mol. The van der Waals surface area contributed by atoms with Crippen LogP contribution in [0.1, 0.15) is 23.7 Å². The largest absolute Gasteiger partial charge is 0.471 e. The molecule has 1 saturated heterocycles. The van der Waals surface area contributed by atoms with Crippen molar-refractivity contribution in [3.63, 3.8) is 0 Å². The van der Waals surface area contributed by atoms with Crippen molar-refractivity contribution in [1.82, 2.24) is 4.98 Å². The van der Waals surface area contributed by atoms with Crippen LogP contribution in [0.5, 0.6) is 5.88 Å². The quantitative estimate of drug-likeness (QED) is 0.693. The summed E-state index contributed by atoms with van der Waals surface area (Å²) in [5, 5.41) is 1.17. The Bertz CT molecular complexity index is 608. The first-order chi connectivity index (χ1) is 8.31. The first-order valence-corrected chi connectivity index (χ1v) is 6.00. The van der Waals surface area contributed by atoms with Crippen molar-refractivity contribution in [2.75, 3.05) is 6.61 Å². The predicted octanol–water partition coefficient (Wildman–Crippen LogP) is 2.77. The molecular formula is C14H13NO2. The molecule has 3 nitrogen and oxygen atoms in total. The van der Waals surface area contributed by atoms with Crippen molar-refractivity contribution in [2.24, 2.45) is 0 Å². The Balaban J connectivity index is 2.00. The van der Waals surface area contributed by atoms with Crippen molar-refractivity contribution in [3.8, 4) is 5.88 Å². The standard InChI is InChI=1S/C14H13NO2/c1-8-3-2-4-9-5-11-12-6-10(7-16-12)17-14(11)15-13(8)9/h2-5,10,12H,6-7H2,1H3. The van der Waals surface area contributed by atoms with E-state index in [1.807, 2.05) is 0 Å². The molecule has 2 aliphatic rings. The van der Waals surface area contributed by atoms with Gasteiger partial charge in [0, 0.05) is 17.4 Å². The fourth-order valence-corrected chi connectivity index (χ4v) is 2.73. The Morgan fingerprint density at radius 2 is 2.29 bits per heavy atom. The number of hydrogen-bond acceptors (Lipinski definition) is 3. The fourth-order valence-electron chi connectivity index (χ4n) is 2.73. The van der Waals surface area contributed by atoms with Gasteiger partial charge >= 0.3 is 0 Å². The summed E-state index contributed by atoms with van der Waals surface area (Å²) in [5.74, 6) is 0.769. The molecule has 0 amide bonds. The van der Waals surface area contributed by atoms with Gasteiger partial charge in [0.05, 0.1) is 18.2 Å². The highest BCUT2D eigenvalue weighted by molar-refractivity contribution is 5.83. The maximum absolute atomic E-state index is 5.85. The lowest BCUT2D eigenvalue weighted by Gasteiger charge is -2.21. The third-order valence-electron chi connectivity index (χ3n) is 3.63. The molecule has 3 heterocycles. The maximum atomic E-state index is 5.85. The molecule has 0 saturated carbocycles. The van der Waals surface area contributed by atoms with E-state index in [0.29, 0.717) is 6.61 Å². The van der Waals surface area contributed by atoms with E-state index in [0.717, 1.165) is 23.4 Å². The molecule has 2 atom stereocenters. The Kier molecular flexibility index (Phi) is 1.77. The molecule has 3 heteroatoms.